The summed E-state index contributed by atoms with van der Waals surface area (Å²) < 4.78 is 12.9. The largest absolute Gasteiger partial charge is 0.305 e. The Bertz CT molecular complexity index is 456. The van der Waals surface area contributed by atoms with Crippen LogP contribution in [-0.2, 0) is 0 Å². The zero-order chi connectivity index (χ0) is 13.0. The number of fused-ring (bicyclic) bond motifs is 5. The van der Waals surface area contributed by atoms with Crippen LogP contribution in [-0.4, -0.2) is 11.0 Å². The smallest absolute Gasteiger partial charge is 0.141 e. The van der Waals surface area contributed by atoms with E-state index in [0.717, 1.165) is 35.8 Å². The van der Waals surface area contributed by atoms with Gasteiger partial charge in [0.15, 0.2) is 0 Å². The number of halogens is 1. The van der Waals surface area contributed by atoms with E-state index in [1.54, 1.807) is 0 Å². The van der Waals surface area contributed by atoms with Gasteiger partial charge in [0.2, 0.25) is 0 Å². The van der Waals surface area contributed by atoms with E-state index in [2.05, 4.69) is 17.2 Å². The fourth-order valence-electron chi connectivity index (χ4n) is 4.79. The summed E-state index contributed by atoms with van der Waals surface area (Å²) in [4.78, 5) is 4.24. The number of rotatable bonds is 4. The fourth-order valence-corrected chi connectivity index (χ4v) is 4.79. The van der Waals surface area contributed by atoms with E-state index < -0.39 is 0 Å². The van der Waals surface area contributed by atoms with Gasteiger partial charge in [-0.15, -0.1) is 0 Å². The molecule has 0 aromatic carbocycles. The fraction of sp³-hybridized carbons (Fsp3) is 0.688. The zero-order valence-corrected chi connectivity index (χ0v) is 11.3. The Hall–Kier alpha value is -0.960. The highest BCUT2D eigenvalue weighted by molar-refractivity contribution is 5.19. The van der Waals surface area contributed by atoms with Crippen molar-refractivity contribution < 1.29 is 4.39 Å². The van der Waals surface area contributed by atoms with Crippen LogP contribution >= 0.6 is 0 Å². The first-order valence-corrected chi connectivity index (χ1v) is 7.65. The van der Waals surface area contributed by atoms with Crippen LogP contribution in [0.3, 0.4) is 0 Å². The summed E-state index contributed by atoms with van der Waals surface area (Å²) in [5.74, 6) is 3.61. The van der Waals surface area contributed by atoms with Gasteiger partial charge in [0.25, 0.3) is 0 Å². The molecule has 102 valence electrons. The molecule has 1 heterocycles. The lowest BCUT2D eigenvalue weighted by Gasteiger charge is -2.19. The Morgan fingerprint density at radius 2 is 2.05 bits per heavy atom. The molecule has 0 amide bonds. The molecule has 0 radical (unpaired) electrons. The van der Waals surface area contributed by atoms with Crippen LogP contribution in [0.2, 0.25) is 0 Å². The van der Waals surface area contributed by atoms with Crippen LogP contribution in [0.5, 0.6) is 0 Å². The molecule has 3 aliphatic rings. The van der Waals surface area contributed by atoms with Crippen LogP contribution in [0.4, 0.5) is 4.39 Å². The first kappa shape index (κ1) is 11.8. The molecule has 3 saturated carbocycles. The normalized spacial score (nSPS) is 40.2. The van der Waals surface area contributed by atoms with Crippen LogP contribution < -0.4 is 5.32 Å². The predicted molar refractivity (Wildman–Crippen MR) is 72.0 cm³/mol. The number of aromatic nitrogens is 1. The second kappa shape index (κ2) is 4.27. The molecule has 0 aliphatic heterocycles. The van der Waals surface area contributed by atoms with Gasteiger partial charge in [-0.2, -0.15) is 0 Å². The first-order chi connectivity index (χ1) is 9.28. The van der Waals surface area contributed by atoms with Crippen molar-refractivity contribution in [3.05, 3.63) is 29.8 Å². The van der Waals surface area contributed by atoms with Crippen molar-refractivity contribution >= 4 is 0 Å². The van der Waals surface area contributed by atoms with Crippen molar-refractivity contribution in [3.8, 4) is 0 Å². The number of pyridine rings is 1. The Labute approximate surface area is 113 Å². The van der Waals surface area contributed by atoms with Crippen LogP contribution in [0, 0.1) is 29.5 Å². The third-order valence-electron chi connectivity index (χ3n) is 5.64. The molecular formula is C16H21FN2. The van der Waals surface area contributed by atoms with Gasteiger partial charge in [0, 0.05) is 12.1 Å². The minimum atomic E-state index is -0.250. The molecule has 19 heavy (non-hydrogen) atoms. The third kappa shape index (κ3) is 1.82. The number of hydrogen-bond donors (Lipinski definition) is 1. The van der Waals surface area contributed by atoms with E-state index in [1.807, 2.05) is 6.07 Å². The summed E-state index contributed by atoms with van der Waals surface area (Å²) >= 11 is 0. The predicted octanol–water partition coefficient (Wildman–Crippen LogP) is 3.31. The summed E-state index contributed by atoms with van der Waals surface area (Å²) in [6.45, 7) is 2.18. The van der Waals surface area contributed by atoms with Gasteiger partial charge in [0.1, 0.15) is 5.82 Å². The first-order valence-electron chi connectivity index (χ1n) is 7.65. The molecule has 1 N–H and O–H groups in total. The average Bonchev–Trinajstić information content (AvgIpc) is 2.82. The molecule has 3 heteroatoms. The Kier molecular flexibility index (Phi) is 2.66. The Morgan fingerprint density at radius 1 is 1.32 bits per heavy atom. The van der Waals surface area contributed by atoms with Crippen molar-refractivity contribution in [2.45, 2.75) is 44.7 Å². The zero-order valence-electron chi connectivity index (χ0n) is 11.3. The maximum absolute atomic E-state index is 12.9. The van der Waals surface area contributed by atoms with Crippen molar-refractivity contribution in [2.75, 3.05) is 0 Å². The highest BCUT2D eigenvalue weighted by Gasteiger charge is 2.64. The number of hydrogen-bond acceptors (Lipinski definition) is 2. The minimum absolute atomic E-state index is 0.250. The quantitative estimate of drug-likeness (QED) is 0.898. The molecule has 4 rings (SSSR count). The van der Waals surface area contributed by atoms with Gasteiger partial charge in [0.05, 0.1) is 11.9 Å². The standard InChI is InChI=1S/C16H21FN2/c1-2-12(13-6-5-11(17)8-18-13)19-16-14-9-3-4-10(7-9)15(14)16/h5-6,8-10,12,14-16,19H,2-4,7H2,1H3. The van der Waals surface area contributed by atoms with Gasteiger partial charge in [-0.05, 0) is 61.5 Å². The van der Waals surface area contributed by atoms with Crippen LogP contribution in [0.25, 0.3) is 0 Å². The summed E-state index contributed by atoms with van der Waals surface area (Å²) in [5.41, 5.74) is 0.987. The minimum Gasteiger partial charge on any atom is -0.305 e. The van der Waals surface area contributed by atoms with Gasteiger partial charge in [-0.1, -0.05) is 6.92 Å². The number of nitrogens with zero attached hydrogens (tertiary/aromatic N) is 1. The number of nitrogens with one attached hydrogen (secondary N) is 1. The second-order valence-electron chi connectivity index (χ2n) is 6.54. The topological polar surface area (TPSA) is 24.9 Å². The molecule has 0 saturated heterocycles. The average molecular weight is 260 g/mol. The molecular weight excluding hydrogens is 239 g/mol. The lowest BCUT2D eigenvalue weighted by atomic mass is 10.0. The van der Waals surface area contributed by atoms with Crippen molar-refractivity contribution in [2.24, 2.45) is 23.7 Å². The molecule has 2 bridgehead atoms. The Balaban J connectivity index is 1.46. The van der Waals surface area contributed by atoms with E-state index in [-0.39, 0.29) is 11.9 Å². The monoisotopic (exact) mass is 260 g/mol. The highest BCUT2D eigenvalue weighted by Crippen LogP contribution is 2.65. The lowest BCUT2D eigenvalue weighted by Crippen LogP contribution is -2.28. The maximum atomic E-state index is 12.9. The molecule has 3 fully saturated rings. The van der Waals surface area contributed by atoms with Crippen molar-refractivity contribution in [1.82, 2.24) is 10.3 Å². The van der Waals surface area contributed by atoms with Gasteiger partial charge in [-0.3, -0.25) is 4.98 Å². The molecule has 5 atom stereocenters. The van der Waals surface area contributed by atoms with E-state index in [4.69, 9.17) is 0 Å². The SMILES string of the molecule is CCC(NC1C2C3CCC(C3)C12)c1ccc(F)cn1. The summed E-state index contributed by atoms with van der Waals surface area (Å²) in [7, 11) is 0. The molecule has 5 unspecified atom stereocenters. The Morgan fingerprint density at radius 3 is 2.63 bits per heavy atom. The molecule has 1 aromatic rings. The van der Waals surface area contributed by atoms with E-state index in [0.29, 0.717) is 6.04 Å². The summed E-state index contributed by atoms with van der Waals surface area (Å²) in [6, 6.07) is 4.34. The molecule has 2 nitrogen and oxygen atoms in total. The maximum Gasteiger partial charge on any atom is 0.141 e. The lowest BCUT2D eigenvalue weighted by molar-refractivity contribution is 0.410. The molecule has 0 spiro atoms. The van der Waals surface area contributed by atoms with Gasteiger partial charge >= 0.3 is 0 Å². The van der Waals surface area contributed by atoms with E-state index in [1.165, 1.54) is 31.5 Å². The van der Waals surface area contributed by atoms with Crippen LogP contribution in [0.1, 0.15) is 44.3 Å². The third-order valence-corrected chi connectivity index (χ3v) is 5.64. The summed E-state index contributed by atoms with van der Waals surface area (Å²) in [5, 5.41) is 3.79. The van der Waals surface area contributed by atoms with Gasteiger partial charge in [-0.25, -0.2) is 4.39 Å². The molecule has 1 aromatic heterocycles. The molecule has 3 aliphatic carbocycles. The van der Waals surface area contributed by atoms with E-state index >= 15 is 0 Å². The van der Waals surface area contributed by atoms with Crippen molar-refractivity contribution in [3.63, 3.8) is 0 Å². The van der Waals surface area contributed by atoms with E-state index in [9.17, 15) is 4.39 Å². The van der Waals surface area contributed by atoms with Crippen LogP contribution in [0.15, 0.2) is 18.3 Å². The highest BCUT2D eigenvalue weighted by atomic mass is 19.1. The van der Waals surface area contributed by atoms with Gasteiger partial charge < -0.3 is 5.32 Å². The van der Waals surface area contributed by atoms with Crippen molar-refractivity contribution in [1.29, 1.82) is 0 Å². The second-order valence-corrected chi connectivity index (χ2v) is 6.54. The summed E-state index contributed by atoms with van der Waals surface area (Å²) in [6.07, 6.45) is 6.74.